The summed E-state index contributed by atoms with van der Waals surface area (Å²) in [6, 6.07) is 3.34. The van der Waals surface area contributed by atoms with E-state index in [1.807, 2.05) is 0 Å². The molecule has 1 aromatic rings. The summed E-state index contributed by atoms with van der Waals surface area (Å²) in [6.07, 6.45) is 3.01. The standard InChI is InChI=1S/C10H13NO3/c1-10(2,3)14-9(13)8(12)11-6-4-5-7-11/h4-7H,1-3H3. The van der Waals surface area contributed by atoms with Crippen molar-refractivity contribution in [3.05, 3.63) is 24.5 Å². The van der Waals surface area contributed by atoms with Gasteiger partial charge in [-0.25, -0.2) is 4.79 Å². The summed E-state index contributed by atoms with van der Waals surface area (Å²) in [7, 11) is 0. The predicted molar refractivity (Wildman–Crippen MR) is 50.9 cm³/mol. The number of ether oxygens (including phenoxy) is 1. The van der Waals surface area contributed by atoms with Crippen molar-refractivity contribution >= 4 is 11.9 Å². The monoisotopic (exact) mass is 195 g/mol. The highest BCUT2D eigenvalue weighted by Crippen LogP contribution is 2.07. The molecule has 0 spiro atoms. The Morgan fingerprint density at radius 2 is 1.64 bits per heavy atom. The number of carbonyl (C=O) groups excluding carboxylic acids is 2. The molecule has 0 aliphatic carbocycles. The lowest BCUT2D eigenvalue weighted by Gasteiger charge is -2.18. The maximum absolute atomic E-state index is 11.4. The van der Waals surface area contributed by atoms with Gasteiger partial charge < -0.3 is 4.74 Å². The van der Waals surface area contributed by atoms with Crippen molar-refractivity contribution in [3.63, 3.8) is 0 Å². The second-order valence-electron chi connectivity index (χ2n) is 3.90. The molecule has 0 aromatic carbocycles. The van der Waals surface area contributed by atoms with Crippen molar-refractivity contribution in [2.45, 2.75) is 26.4 Å². The molecule has 0 radical (unpaired) electrons. The van der Waals surface area contributed by atoms with E-state index in [4.69, 9.17) is 4.74 Å². The molecule has 0 aliphatic heterocycles. The van der Waals surface area contributed by atoms with Gasteiger partial charge in [-0.1, -0.05) is 0 Å². The Kier molecular flexibility index (Phi) is 2.74. The van der Waals surface area contributed by atoms with E-state index in [1.165, 1.54) is 17.0 Å². The normalized spacial score (nSPS) is 11.1. The molecule has 4 nitrogen and oxygen atoms in total. The van der Waals surface area contributed by atoms with Crippen LogP contribution in [0.5, 0.6) is 0 Å². The number of hydrogen-bond acceptors (Lipinski definition) is 3. The van der Waals surface area contributed by atoms with E-state index in [9.17, 15) is 9.59 Å². The summed E-state index contributed by atoms with van der Waals surface area (Å²) < 4.78 is 6.10. The largest absolute Gasteiger partial charge is 0.453 e. The van der Waals surface area contributed by atoms with E-state index in [0.29, 0.717) is 0 Å². The van der Waals surface area contributed by atoms with Crippen LogP contribution in [0.25, 0.3) is 0 Å². The Bertz CT molecular complexity index is 333. The van der Waals surface area contributed by atoms with E-state index in [0.717, 1.165) is 0 Å². The van der Waals surface area contributed by atoms with Gasteiger partial charge in [-0.2, -0.15) is 0 Å². The highest BCUT2D eigenvalue weighted by atomic mass is 16.6. The van der Waals surface area contributed by atoms with Crippen LogP contribution < -0.4 is 0 Å². The first-order chi connectivity index (χ1) is 6.40. The van der Waals surface area contributed by atoms with Crippen LogP contribution in [-0.4, -0.2) is 22.0 Å². The lowest BCUT2D eigenvalue weighted by Crippen LogP contribution is -2.31. The number of rotatable bonds is 0. The number of esters is 1. The molecular weight excluding hydrogens is 182 g/mol. The fraction of sp³-hybridized carbons (Fsp3) is 0.400. The average Bonchev–Trinajstić information content (AvgIpc) is 2.51. The van der Waals surface area contributed by atoms with Crippen LogP contribution in [0.2, 0.25) is 0 Å². The molecule has 0 unspecified atom stereocenters. The van der Waals surface area contributed by atoms with E-state index in [1.54, 1.807) is 32.9 Å². The van der Waals surface area contributed by atoms with Crippen molar-refractivity contribution in [2.75, 3.05) is 0 Å². The van der Waals surface area contributed by atoms with Crippen LogP contribution in [0.3, 0.4) is 0 Å². The zero-order chi connectivity index (χ0) is 10.8. The Labute approximate surface area is 82.5 Å². The molecule has 0 aliphatic rings. The second-order valence-corrected chi connectivity index (χ2v) is 3.90. The zero-order valence-corrected chi connectivity index (χ0v) is 8.48. The van der Waals surface area contributed by atoms with Gasteiger partial charge in [0.1, 0.15) is 5.60 Å². The highest BCUT2D eigenvalue weighted by Gasteiger charge is 2.23. The first kappa shape index (κ1) is 10.5. The average molecular weight is 195 g/mol. The smallest absolute Gasteiger partial charge is 0.398 e. The van der Waals surface area contributed by atoms with Gasteiger partial charge in [0.05, 0.1) is 0 Å². The maximum Gasteiger partial charge on any atom is 0.398 e. The summed E-state index contributed by atoms with van der Waals surface area (Å²) in [4.78, 5) is 22.6. The molecule has 0 amide bonds. The quantitative estimate of drug-likeness (QED) is 0.465. The molecule has 0 fully saturated rings. The Hall–Kier alpha value is -1.58. The second kappa shape index (κ2) is 3.65. The molecular formula is C10H13NO3. The van der Waals surface area contributed by atoms with E-state index >= 15 is 0 Å². The molecule has 1 rings (SSSR count). The van der Waals surface area contributed by atoms with Crippen LogP contribution in [-0.2, 0) is 9.53 Å². The number of carbonyl (C=O) groups is 2. The van der Waals surface area contributed by atoms with Crippen molar-refractivity contribution < 1.29 is 14.3 Å². The number of hydrogen-bond donors (Lipinski definition) is 0. The van der Waals surface area contributed by atoms with Crippen LogP contribution in [0, 0.1) is 0 Å². The van der Waals surface area contributed by atoms with Gasteiger partial charge >= 0.3 is 11.9 Å². The van der Waals surface area contributed by atoms with Crippen LogP contribution in [0.1, 0.15) is 25.6 Å². The number of aromatic nitrogens is 1. The first-order valence-electron chi connectivity index (χ1n) is 4.31. The van der Waals surface area contributed by atoms with Gasteiger partial charge in [-0.15, -0.1) is 0 Å². The molecule has 76 valence electrons. The molecule has 1 heterocycles. The molecule has 0 bridgehead atoms. The van der Waals surface area contributed by atoms with Crippen molar-refractivity contribution in [1.82, 2.24) is 4.57 Å². The summed E-state index contributed by atoms with van der Waals surface area (Å²) >= 11 is 0. The minimum absolute atomic E-state index is 0.639. The molecule has 0 saturated heterocycles. The van der Waals surface area contributed by atoms with Gasteiger partial charge in [-0.3, -0.25) is 9.36 Å². The summed E-state index contributed by atoms with van der Waals surface area (Å²) in [6.45, 7) is 5.15. The predicted octanol–water partition coefficient (Wildman–Crippen LogP) is 1.47. The molecule has 1 aromatic heterocycles. The van der Waals surface area contributed by atoms with E-state index in [2.05, 4.69) is 0 Å². The third-order valence-corrected chi connectivity index (χ3v) is 1.41. The first-order valence-corrected chi connectivity index (χ1v) is 4.31. The van der Waals surface area contributed by atoms with Gasteiger partial charge in [0.25, 0.3) is 0 Å². The lowest BCUT2D eigenvalue weighted by molar-refractivity contribution is -0.149. The van der Waals surface area contributed by atoms with Crippen molar-refractivity contribution in [3.8, 4) is 0 Å². The van der Waals surface area contributed by atoms with Gasteiger partial charge in [0.2, 0.25) is 0 Å². The Morgan fingerprint density at radius 3 is 2.07 bits per heavy atom. The number of nitrogens with zero attached hydrogens (tertiary/aromatic N) is 1. The highest BCUT2D eigenvalue weighted by molar-refractivity contribution is 6.33. The topological polar surface area (TPSA) is 48.3 Å². The van der Waals surface area contributed by atoms with E-state index in [-0.39, 0.29) is 0 Å². The fourth-order valence-corrected chi connectivity index (χ4v) is 0.897. The molecule has 0 N–H and O–H groups in total. The van der Waals surface area contributed by atoms with Crippen molar-refractivity contribution in [1.29, 1.82) is 0 Å². The van der Waals surface area contributed by atoms with Crippen LogP contribution in [0.15, 0.2) is 24.5 Å². The maximum atomic E-state index is 11.4. The SMILES string of the molecule is CC(C)(C)OC(=O)C(=O)n1cccc1. The van der Waals surface area contributed by atoms with E-state index < -0.39 is 17.5 Å². The third kappa shape index (κ3) is 2.73. The molecule has 0 atom stereocenters. The molecule has 0 saturated carbocycles. The Balaban J connectivity index is 2.68. The molecule has 4 heteroatoms. The minimum atomic E-state index is -0.839. The summed E-state index contributed by atoms with van der Waals surface area (Å²) in [5.74, 6) is -1.52. The lowest BCUT2D eigenvalue weighted by atomic mass is 10.2. The van der Waals surface area contributed by atoms with Gasteiger partial charge in [0, 0.05) is 12.4 Å². The summed E-state index contributed by atoms with van der Waals surface area (Å²) in [5, 5.41) is 0. The fourth-order valence-electron chi connectivity index (χ4n) is 0.897. The zero-order valence-electron chi connectivity index (χ0n) is 8.48. The summed E-state index contributed by atoms with van der Waals surface area (Å²) in [5.41, 5.74) is -0.639. The van der Waals surface area contributed by atoms with Gasteiger partial charge in [0.15, 0.2) is 0 Å². The Morgan fingerprint density at radius 1 is 1.14 bits per heavy atom. The minimum Gasteiger partial charge on any atom is -0.453 e. The van der Waals surface area contributed by atoms with Crippen molar-refractivity contribution in [2.24, 2.45) is 0 Å². The third-order valence-electron chi connectivity index (χ3n) is 1.41. The van der Waals surface area contributed by atoms with Crippen LogP contribution >= 0.6 is 0 Å². The molecule has 14 heavy (non-hydrogen) atoms. The van der Waals surface area contributed by atoms with Gasteiger partial charge in [-0.05, 0) is 32.9 Å². The van der Waals surface area contributed by atoms with Crippen LogP contribution in [0.4, 0.5) is 0 Å².